The van der Waals surface area contributed by atoms with Gasteiger partial charge in [0.05, 0.1) is 16.7 Å². The number of halogens is 7. The fourth-order valence-corrected chi connectivity index (χ4v) is 7.17. The molecule has 0 aromatic rings. The van der Waals surface area contributed by atoms with Crippen molar-refractivity contribution in [3.63, 3.8) is 0 Å². The molecule has 1 nitrogen and oxygen atoms in total. The summed E-state index contributed by atoms with van der Waals surface area (Å²) >= 11 is 44.2. The molecule has 0 saturated heterocycles. The molecule has 3 aliphatic rings. The Kier molecular flexibility index (Phi) is 3.03. The van der Waals surface area contributed by atoms with Gasteiger partial charge in [0.25, 0.3) is 0 Å². The van der Waals surface area contributed by atoms with Crippen molar-refractivity contribution < 1.29 is 4.79 Å². The van der Waals surface area contributed by atoms with Crippen LogP contribution in [0.4, 0.5) is 0 Å². The van der Waals surface area contributed by atoms with Gasteiger partial charge in [-0.1, -0.05) is 34.8 Å². The number of allylic oxidation sites excluding steroid dienone is 2. The maximum atomic E-state index is 12.0. The number of carbonyl (C=O) groups excluding carboxylic acids is 1. The molecule has 18 heavy (non-hydrogen) atoms. The topological polar surface area (TPSA) is 17.1 Å². The van der Waals surface area contributed by atoms with E-state index >= 15 is 0 Å². The van der Waals surface area contributed by atoms with Gasteiger partial charge in [0.1, 0.15) is 9.75 Å². The Labute approximate surface area is 139 Å². The summed E-state index contributed by atoms with van der Waals surface area (Å²) < 4.78 is -1.64. The van der Waals surface area contributed by atoms with Crippen molar-refractivity contribution in [1.82, 2.24) is 0 Å². The highest BCUT2D eigenvalue weighted by Gasteiger charge is 2.88. The Balaban J connectivity index is 2.30. The molecule has 0 aromatic carbocycles. The minimum absolute atomic E-state index is 0.262. The van der Waals surface area contributed by atoms with Crippen molar-refractivity contribution in [3.8, 4) is 0 Å². The largest absolute Gasteiger partial charge is 0.294 e. The molecule has 3 rings (SSSR count). The van der Waals surface area contributed by atoms with Crippen LogP contribution in [0.3, 0.4) is 0 Å². The lowest BCUT2D eigenvalue weighted by Crippen LogP contribution is -2.50. The molecule has 0 spiro atoms. The van der Waals surface area contributed by atoms with Gasteiger partial charge < -0.3 is 0 Å². The second-order valence-electron chi connectivity index (χ2n) is 4.80. The SMILES string of the molecule is O=C1C=C(Cl)[C@H]2[C@@H]1[C@]1(Cl)[C@H](Cl)[C@H](Cl)[C@@]2(Cl)C1(Cl)Cl. The fourth-order valence-electron chi connectivity index (χ4n) is 3.33. The van der Waals surface area contributed by atoms with Crippen LogP contribution in [-0.2, 0) is 4.79 Å². The molecule has 0 heterocycles. The molecule has 0 N–H and O–H groups in total. The fraction of sp³-hybridized carbons (Fsp3) is 0.700. The highest BCUT2D eigenvalue weighted by molar-refractivity contribution is 6.63. The summed E-state index contributed by atoms with van der Waals surface area (Å²) in [6, 6.07) is 0. The summed E-state index contributed by atoms with van der Waals surface area (Å²) in [5, 5.41) is -1.33. The number of hydrogen-bond donors (Lipinski definition) is 0. The highest BCUT2D eigenvalue weighted by Crippen LogP contribution is 2.77. The first-order valence-corrected chi connectivity index (χ1v) is 7.82. The maximum absolute atomic E-state index is 12.0. The highest BCUT2D eigenvalue weighted by atomic mass is 35.5. The van der Waals surface area contributed by atoms with E-state index in [2.05, 4.69) is 0 Å². The Bertz CT molecular complexity index is 489. The van der Waals surface area contributed by atoms with E-state index in [0.29, 0.717) is 0 Å². The molecule has 0 amide bonds. The van der Waals surface area contributed by atoms with Crippen LogP contribution in [0.25, 0.3) is 0 Å². The van der Waals surface area contributed by atoms with Crippen LogP contribution < -0.4 is 0 Å². The quantitative estimate of drug-likeness (QED) is 0.565. The predicted octanol–water partition coefficient (Wildman–Crippen LogP) is 4.30. The van der Waals surface area contributed by atoms with Gasteiger partial charge in [-0.05, 0) is 6.08 Å². The van der Waals surface area contributed by atoms with E-state index in [1.807, 2.05) is 0 Å². The monoisotopic (exact) mass is 386 g/mol. The molecule has 2 saturated carbocycles. The summed E-state index contributed by atoms with van der Waals surface area (Å²) in [6.45, 7) is 0. The van der Waals surface area contributed by atoms with Crippen molar-refractivity contribution in [2.75, 3.05) is 0 Å². The lowest BCUT2D eigenvalue weighted by molar-refractivity contribution is -0.119. The zero-order valence-corrected chi connectivity index (χ0v) is 13.7. The van der Waals surface area contributed by atoms with Gasteiger partial charge in [-0.3, -0.25) is 4.79 Å². The van der Waals surface area contributed by atoms with Gasteiger partial charge in [0.2, 0.25) is 0 Å². The molecule has 6 atom stereocenters. The second kappa shape index (κ2) is 3.80. The summed E-state index contributed by atoms with van der Waals surface area (Å²) in [4.78, 5) is 9.23. The first-order valence-electron chi connectivity index (χ1n) is 5.06. The molecule has 0 aliphatic heterocycles. The minimum atomic E-state index is -1.64. The first-order chi connectivity index (χ1) is 8.11. The second-order valence-corrected chi connectivity index (χ2v) is 8.76. The van der Waals surface area contributed by atoms with Crippen LogP contribution in [-0.4, -0.2) is 30.6 Å². The molecule has 100 valence electrons. The standard InChI is InChI=1S/C10H5Cl7O/c11-2-1-3(18)5-4(2)8(14)6(12)7(13)9(5,15)10(8,16)17/h1,4-7H/t4-,5+,6-,7+,8+,9-/m0/s1. The Morgan fingerprint density at radius 2 is 1.39 bits per heavy atom. The van der Waals surface area contributed by atoms with E-state index in [1.165, 1.54) is 6.08 Å². The number of rotatable bonds is 0. The summed E-state index contributed by atoms with van der Waals surface area (Å²) in [7, 11) is 0. The zero-order valence-electron chi connectivity index (χ0n) is 8.44. The van der Waals surface area contributed by atoms with E-state index in [0.717, 1.165) is 0 Å². The van der Waals surface area contributed by atoms with Crippen LogP contribution in [0, 0.1) is 11.8 Å². The van der Waals surface area contributed by atoms with Gasteiger partial charge in [-0.2, -0.15) is 0 Å². The van der Waals surface area contributed by atoms with Crippen molar-refractivity contribution in [3.05, 3.63) is 11.1 Å². The normalized spacial score (nSPS) is 56.8. The van der Waals surface area contributed by atoms with E-state index in [9.17, 15) is 4.79 Å². The average molecular weight is 389 g/mol. The van der Waals surface area contributed by atoms with Crippen LogP contribution in [0.5, 0.6) is 0 Å². The van der Waals surface area contributed by atoms with E-state index in [1.54, 1.807) is 0 Å². The Morgan fingerprint density at radius 3 is 1.89 bits per heavy atom. The third kappa shape index (κ3) is 1.17. The summed E-state index contributed by atoms with van der Waals surface area (Å²) in [5.74, 6) is -1.60. The van der Waals surface area contributed by atoms with Crippen LogP contribution in [0.1, 0.15) is 0 Å². The lowest BCUT2D eigenvalue weighted by Gasteiger charge is -2.38. The number of carbonyl (C=O) groups is 1. The van der Waals surface area contributed by atoms with Gasteiger partial charge in [0, 0.05) is 11.0 Å². The molecular formula is C10H5Cl7O. The molecule has 2 fully saturated rings. The van der Waals surface area contributed by atoms with Gasteiger partial charge in [-0.25, -0.2) is 0 Å². The number of ketones is 1. The molecule has 8 heteroatoms. The molecule has 3 aliphatic carbocycles. The Hall–Kier alpha value is 1.44. The van der Waals surface area contributed by atoms with Gasteiger partial charge in [0.15, 0.2) is 10.1 Å². The number of hydrogen-bond acceptors (Lipinski definition) is 1. The predicted molar refractivity (Wildman–Crippen MR) is 76.8 cm³/mol. The van der Waals surface area contributed by atoms with E-state index in [4.69, 9.17) is 81.2 Å². The third-order valence-electron chi connectivity index (χ3n) is 4.14. The summed E-state index contributed by atoms with van der Waals surface area (Å²) in [6.07, 6.45) is 1.30. The molecule has 0 radical (unpaired) electrons. The maximum Gasteiger partial charge on any atom is 0.162 e. The van der Waals surface area contributed by atoms with Crippen molar-refractivity contribution in [2.24, 2.45) is 11.8 Å². The van der Waals surface area contributed by atoms with E-state index < -0.39 is 36.7 Å². The van der Waals surface area contributed by atoms with Crippen molar-refractivity contribution in [1.29, 1.82) is 0 Å². The molecule has 0 aromatic heterocycles. The smallest absolute Gasteiger partial charge is 0.162 e. The lowest BCUT2D eigenvalue weighted by atomic mass is 9.79. The van der Waals surface area contributed by atoms with Crippen LogP contribution >= 0.6 is 81.2 Å². The van der Waals surface area contributed by atoms with Crippen LogP contribution in [0.15, 0.2) is 11.1 Å². The van der Waals surface area contributed by atoms with Crippen molar-refractivity contribution >= 4 is 87.0 Å². The van der Waals surface area contributed by atoms with Gasteiger partial charge >= 0.3 is 0 Å². The van der Waals surface area contributed by atoms with Crippen molar-refractivity contribution in [2.45, 2.75) is 24.8 Å². The third-order valence-corrected chi connectivity index (χ3v) is 9.18. The molecule has 2 bridgehead atoms. The molecular weight excluding hydrogens is 384 g/mol. The van der Waals surface area contributed by atoms with Crippen LogP contribution in [0.2, 0.25) is 0 Å². The number of alkyl halides is 6. The average Bonchev–Trinajstić information content (AvgIpc) is 2.68. The Morgan fingerprint density at radius 1 is 0.944 bits per heavy atom. The zero-order chi connectivity index (χ0) is 13.7. The van der Waals surface area contributed by atoms with Gasteiger partial charge in [-0.15, -0.1) is 46.4 Å². The minimum Gasteiger partial charge on any atom is -0.294 e. The number of fused-ring (bicyclic) bond motifs is 5. The summed E-state index contributed by atoms with van der Waals surface area (Å²) in [5.41, 5.74) is 0. The molecule has 0 unspecified atom stereocenters. The van der Waals surface area contributed by atoms with E-state index in [-0.39, 0.29) is 10.8 Å². The first kappa shape index (κ1) is 14.4.